The second-order valence-electron chi connectivity index (χ2n) is 7.38. The Bertz CT molecular complexity index is 797. The van der Waals surface area contributed by atoms with Crippen LogP contribution in [0.5, 0.6) is 0 Å². The van der Waals surface area contributed by atoms with Crippen LogP contribution in [0, 0.1) is 0 Å². The zero-order valence-corrected chi connectivity index (χ0v) is 16.2. The van der Waals surface area contributed by atoms with Crippen LogP contribution >= 0.6 is 11.6 Å². The van der Waals surface area contributed by atoms with Crippen LogP contribution in [0.15, 0.2) is 24.3 Å². The highest BCUT2D eigenvalue weighted by Crippen LogP contribution is 2.35. The fraction of sp³-hybridized carbons (Fsp3) is 0.550. The first-order chi connectivity index (χ1) is 13.2. The molecule has 1 aromatic carbocycles. The molecule has 0 unspecified atom stereocenters. The first-order valence-corrected chi connectivity index (χ1v) is 10.1. The number of benzene rings is 1. The standard InChI is InChI=1S/C20H25ClN4O2/c21-16-7-5-15(6-8-16)20(9-12-27-13-10-20)19(26)22-14-18-24-23-17-4-2-1-3-11-25(17)18/h5-8H,1-4,9-14H2,(H,22,26). The van der Waals surface area contributed by atoms with Crippen LogP contribution < -0.4 is 5.32 Å². The molecule has 3 heterocycles. The van der Waals surface area contributed by atoms with E-state index in [1.54, 1.807) is 0 Å². The van der Waals surface area contributed by atoms with Crippen LogP contribution in [0.2, 0.25) is 5.02 Å². The van der Waals surface area contributed by atoms with Gasteiger partial charge in [0, 0.05) is 31.2 Å². The Morgan fingerprint density at radius 3 is 2.70 bits per heavy atom. The first-order valence-electron chi connectivity index (χ1n) is 9.72. The van der Waals surface area contributed by atoms with Crippen molar-refractivity contribution in [2.45, 2.75) is 57.0 Å². The zero-order valence-electron chi connectivity index (χ0n) is 15.4. The maximum absolute atomic E-state index is 13.3. The largest absolute Gasteiger partial charge is 0.381 e. The van der Waals surface area contributed by atoms with Crippen molar-refractivity contribution < 1.29 is 9.53 Å². The number of aromatic nitrogens is 3. The Morgan fingerprint density at radius 2 is 1.93 bits per heavy atom. The van der Waals surface area contributed by atoms with Gasteiger partial charge in [-0.25, -0.2) is 0 Å². The summed E-state index contributed by atoms with van der Waals surface area (Å²) in [7, 11) is 0. The summed E-state index contributed by atoms with van der Waals surface area (Å²) < 4.78 is 7.70. The van der Waals surface area contributed by atoms with E-state index in [9.17, 15) is 4.79 Å². The van der Waals surface area contributed by atoms with Crippen molar-refractivity contribution in [3.8, 4) is 0 Å². The summed E-state index contributed by atoms with van der Waals surface area (Å²) in [4.78, 5) is 13.3. The fourth-order valence-electron chi connectivity index (χ4n) is 4.14. The van der Waals surface area contributed by atoms with Gasteiger partial charge >= 0.3 is 0 Å². The molecule has 1 N–H and O–H groups in total. The number of rotatable bonds is 4. The summed E-state index contributed by atoms with van der Waals surface area (Å²) in [5.41, 5.74) is 0.414. The lowest BCUT2D eigenvalue weighted by Gasteiger charge is -2.36. The molecule has 0 aliphatic carbocycles. The first kappa shape index (κ1) is 18.4. The third-order valence-corrected chi connectivity index (χ3v) is 6.02. The van der Waals surface area contributed by atoms with Crippen LogP contribution in [0.25, 0.3) is 0 Å². The van der Waals surface area contributed by atoms with Crippen LogP contribution in [0.3, 0.4) is 0 Å². The number of nitrogens with zero attached hydrogens (tertiary/aromatic N) is 3. The minimum absolute atomic E-state index is 0.0269. The minimum Gasteiger partial charge on any atom is -0.381 e. The SMILES string of the molecule is O=C(NCc1nnc2n1CCCCC2)C1(c2ccc(Cl)cc2)CCOCC1. The normalized spacial score (nSPS) is 19.1. The van der Waals surface area contributed by atoms with E-state index in [1.165, 1.54) is 6.42 Å². The number of hydrogen-bond donors (Lipinski definition) is 1. The summed E-state index contributed by atoms with van der Waals surface area (Å²) >= 11 is 6.04. The van der Waals surface area contributed by atoms with Crippen LogP contribution in [-0.2, 0) is 34.5 Å². The number of halogens is 1. The molecule has 0 radical (unpaired) electrons. The number of aryl methyl sites for hydroxylation is 1. The molecule has 144 valence electrons. The Hall–Kier alpha value is -1.92. The van der Waals surface area contributed by atoms with E-state index in [4.69, 9.17) is 16.3 Å². The predicted molar refractivity (Wildman–Crippen MR) is 103 cm³/mol. The second kappa shape index (κ2) is 7.98. The summed E-state index contributed by atoms with van der Waals surface area (Å²) in [6.07, 6.45) is 5.81. The number of carbonyl (C=O) groups is 1. The number of nitrogens with one attached hydrogen (secondary N) is 1. The fourth-order valence-corrected chi connectivity index (χ4v) is 4.27. The van der Waals surface area contributed by atoms with E-state index in [2.05, 4.69) is 20.1 Å². The summed E-state index contributed by atoms with van der Waals surface area (Å²) in [5, 5.41) is 12.4. The Morgan fingerprint density at radius 1 is 1.15 bits per heavy atom. The van der Waals surface area contributed by atoms with Gasteiger partial charge in [0.15, 0.2) is 5.82 Å². The summed E-state index contributed by atoms with van der Waals surface area (Å²) in [6, 6.07) is 7.60. The molecule has 0 atom stereocenters. The van der Waals surface area contributed by atoms with Gasteiger partial charge in [-0.15, -0.1) is 10.2 Å². The molecule has 6 nitrogen and oxygen atoms in total. The molecule has 7 heteroatoms. The average Bonchev–Trinajstić information content (AvgIpc) is 2.93. The molecule has 4 rings (SSSR count). The monoisotopic (exact) mass is 388 g/mol. The van der Waals surface area contributed by atoms with Gasteiger partial charge in [0.05, 0.1) is 12.0 Å². The van der Waals surface area contributed by atoms with Gasteiger partial charge in [0.2, 0.25) is 5.91 Å². The van der Waals surface area contributed by atoms with Gasteiger partial charge in [0.1, 0.15) is 5.82 Å². The Balaban J connectivity index is 1.53. The molecular weight excluding hydrogens is 364 g/mol. The maximum atomic E-state index is 13.3. The van der Waals surface area contributed by atoms with Crippen molar-refractivity contribution in [2.75, 3.05) is 13.2 Å². The van der Waals surface area contributed by atoms with Crippen LogP contribution in [-0.4, -0.2) is 33.9 Å². The molecule has 1 aromatic heterocycles. The van der Waals surface area contributed by atoms with Crippen LogP contribution in [0.4, 0.5) is 0 Å². The van der Waals surface area contributed by atoms with Gasteiger partial charge in [-0.1, -0.05) is 30.2 Å². The van der Waals surface area contributed by atoms with E-state index in [1.807, 2.05) is 24.3 Å². The molecule has 2 aliphatic heterocycles. The van der Waals surface area contributed by atoms with Crippen molar-refractivity contribution in [2.24, 2.45) is 0 Å². The molecule has 0 spiro atoms. The van der Waals surface area contributed by atoms with E-state index in [0.29, 0.717) is 37.6 Å². The van der Waals surface area contributed by atoms with Crippen molar-refractivity contribution in [1.82, 2.24) is 20.1 Å². The van der Waals surface area contributed by atoms with Gasteiger partial charge in [-0.3, -0.25) is 4.79 Å². The highest BCUT2D eigenvalue weighted by Gasteiger charge is 2.41. The van der Waals surface area contributed by atoms with Gasteiger partial charge in [-0.2, -0.15) is 0 Å². The van der Waals surface area contributed by atoms with Crippen molar-refractivity contribution in [1.29, 1.82) is 0 Å². The minimum atomic E-state index is -0.579. The third kappa shape index (κ3) is 3.73. The highest BCUT2D eigenvalue weighted by atomic mass is 35.5. The number of fused-ring (bicyclic) bond motifs is 1. The van der Waals surface area contributed by atoms with Crippen molar-refractivity contribution in [3.05, 3.63) is 46.5 Å². The number of hydrogen-bond acceptors (Lipinski definition) is 4. The smallest absolute Gasteiger partial charge is 0.231 e. The highest BCUT2D eigenvalue weighted by molar-refractivity contribution is 6.30. The predicted octanol–water partition coefficient (Wildman–Crippen LogP) is 3.02. The van der Waals surface area contributed by atoms with Crippen molar-refractivity contribution >= 4 is 17.5 Å². The molecule has 0 bridgehead atoms. The molecule has 2 aliphatic rings. The lowest BCUT2D eigenvalue weighted by molar-refractivity contribution is -0.130. The molecule has 27 heavy (non-hydrogen) atoms. The zero-order chi connectivity index (χ0) is 18.7. The lowest BCUT2D eigenvalue weighted by atomic mass is 9.73. The van der Waals surface area contributed by atoms with E-state index in [0.717, 1.165) is 43.0 Å². The topological polar surface area (TPSA) is 69.0 Å². The maximum Gasteiger partial charge on any atom is 0.231 e. The van der Waals surface area contributed by atoms with E-state index >= 15 is 0 Å². The average molecular weight is 389 g/mol. The summed E-state index contributed by atoms with van der Waals surface area (Å²) in [5.74, 6) is 1.91. The van der Waals surface area contributed by atoms with E-state index < -0.39 is 5.41 Å². The lowest BCUT2D eigenvalue weighted by Crippen LogP contribution is -2.48. The number of amides is 1. The van der Waals surface area contributed by atoms with Gasteiger partial charge in [0.25, 0.3) is 0 Å². The number of ether oxygens (including phenoxy) is 1. The second-order valence-corrected chi connectivity index (χ2v) is 7.82. The van der Waals surface area contributed by atoms with Crippen molar-refractivity contribution in [3.63, 3.8) is 0 Å². The molecule has 1 amide bonds. The molecule has 0 saturated carbocycles. The molecule has 1 fully saturated rings. The van der Waals surface area contributed by atoms with Crippen LogP contribution in [0.1, 0.15) is 49.3 Å². The molecular formula is C20H25ClN4O2. The molecule has 2 aromatic rings. The third-order valence-electron chi connectivity index (χ3n) is 5.77. The van der Waals surface area contributed by atoms with Gasteiger partial charge < -0.3 is 14.6 Å². The molecule has 1 saturated heterocycles. The van der Waals surface area contributed by atoms with Gasteiger partial charge in [-0.05, 0) is 43.4 Å². The van der Waals surface area contributed by atoms with E-state index in [-0.39, 0.29) is 5.91 Å². The quantitative estimate of drug-likeness (QED) is 0.874. The number of carbonyl (C=O) groups excluding carboxylic acids is 1. The Labute approximate surface area is 164 Å². The summed E-state index contributed by atoms with van der Waals surface area (Å²) in [6.45, 7) is 2.50. The Kier molecular flexibility index (Phi) is 5.45.